The molecule has 3 aromatic rings. The lowest BCUT2D eigenvalue weighted by Crippen LogP contribution is -2.26. The zero-order valence-electron chi connectivity index (χ0n) is 17.8. The van der Waals surface area contributed by atoms with E-state index in [9.17, 15) is 4.79 Å². The van der Waals surface area contributed by atoms with Crippen molar-refractivity contribution in [1.29, 1.82) is 0 Å². The molecular formula is C24H27N3O4. The Hall–Kier alpha value is -3.32. The fraction of sp³-hybridized carbons (Fsp3) is 0.333. The number of carbonyl (C=O) groups is 1. The van der Waals surface area contributed by atoms with Gasteiger partial charge in [0.1, 0.15) is 17.8 Å². The van der Waals surface area contributed by atoms with Crippen molar-refractivity contribution in [2.75, 3.05) is 14.2 Å². The second-order valence-electron chi connectivity index (χ2n) is 7.68. The van der Waals surface area contributed by atoms with Crippen LogP contribution in [0, 0.1) is 0 Å². The third-order valence-corrected chi connectivity index (χ3v) is 5.19. The van der Waals surface area contributed by atoms with Crippen LogP contribution in [0.5, 0.6) is 11.5 Å². The standard InChI is InChI=1S/C24H27N3O4/c1-29-20-10-11-22(30-2)18(12-20)14-27(13-17-6-4-3-5-7-17)15-23-26-21(16-31-23)24(28)25-19-8-9-19/h3-7,10-12,16,19H,8-9,13-15H2,1-2H3,(H,25,28). The molecule has 1 amide bonds. The summed E-state index contributed by atoms with van der Waals surface area (Å²) in [5.74, 6) is 1.88. The molecule has 162 valence electrons. The summed E-state index contributed by atoms with van der Waals surface area (Å²) in [6.07, 6.45) is 3.49. The summed E-state index contributed by atoms with van der Waals surface area (Å²) < 4.78 is 16.6. The minimum absolute atomic E-state index is 0.179. The van der Waals surface area contributed by atoms with Crippen LogP contribution < -0.4 is 14.8 Å². The lowest BCUT2D eigenvalue weighted by Gasteiger charge is -2.22. The van der Waals surface area contributed by atoms with E-state index in [2.05, 4.69) is 27.3 Å². The van der Waals surface area contributed by atoms with E-state index in [-0.39, 0.29) is 11.9 Å². The van der Waals surface area contributed by atoms with Crippen LogP contribution >= 0.6 is 0 Å². The molecule has 31 heavy (non-hydrogen) atoms. The highest BCUT2D eigenvalue weighted by Crippen LogP contribution is 2.26. The number of aromatic nitrogens is 1. The zero-order valence-corrected chi connectivity index (χ0v) is 17.8. The fourth-order valence-electron chi connectivity index (χ4n) is 3.42. The van der Waals surface area contributed by atoms with E-state index in [0.717, 1.165) is 29.9 Å². The van der Waals surface area contributed by atoms with Gasteiger partial charge in [-0.15, -0.1) is 0 Å². The second-order valence-corrected chi connectivity index (χ2v) is 7.68. The predicted octanol–water partition coefficient (Wildman–Crippen LogP) is 3.79. The van der Waals surface area contributed by atoms with Crippen molar-refractivity contribution in [2.24, 2.45) is 0 Å². The van der Waals surface area contributed by atoms with E-state index >= 15 is 0 Å². The molecule has 1 N–H and O–H groups in total. The summed E-state index contributed by atoms with van der Waals surface area (Å²) in [6, 6.07) is 16.2. The van der Waals surface area contributed by atoms with E-state index in [4.69, 9.17) is 13.9 Å². The molecule has 0 aliphatic heterocycles. The molecule has 1 aromatic heterocycles. The van der Waals surface area contributed by atoms with Gasteiger partial charge in [-0.25, -0.2) is 4.98 Å². The number of nitrogens with zero attached hydrogens (tertiary/aromatic N) is 2. The Labute approximate surface area is 182 Å². The molecule has 0 atom stereocenters. The van der Waals surface area contributed by atoms with Crippen molar-refractivity contribution in [3.8, 4) is 11.5 Å². The summed E-state index contributed by atoms with van der Waals surface area (Å²) in [6.45, 7) is 1.74. The number of rotatable bonds is 10. The van der Waals surface area contributed by atoms with Crippen molar-refractivity contribution < 1.29 is 18.7 Å². The third kappa shape index (κ3) is 5.64. The number of hydrogen-bond acceptors (Lipinski definition) is 6. The highest BCUT2D eigenvalue weighted by Gasteiger charge is 2.25. The van der Waals surface area contributed by atoms with Gasteiger partial charge in [0.05, 0.1) is 20.8 Å². The normalized spacial score (nSPS) is 13.3. The molecule has 7 nitrogen and oxygen atoms in total. The maximum Gasteiger partial charge on any atom is 0.273 e. The van der Waals surface area contributed by atoms with Crippen LogP contribution in [0.1, 0.15) is 40.3 Å². The predicted molar refractivity (Wildman–Crippen MR) is 116 cm³/mol. The molecule has 2 aromatic carbocycles. The van der Waals surface area contributed by atoms with Crippen LogP contribution in [0.15, 0.2) is 59.2 Å². The highest BCUT2D eigenvalue weighted by atomic mass is 16.5. The average molecular weight is 421 g/mol. The number of benzene rings is 2. The fourth-order valence-corrected chi connectivity index (χ4v) is 3.42. The van der Waals surface area contributed by atoms with Crippen molar-refractivity contribution in [3.05, 3.63) is 77.5 Å². The van der Waals surface area contributed by atoms with Gasteiger partial charge in [-0.1, -0.05) is 30.3 Å². The summed E-state index contributed by atoms with van der Waals surface area (Å²) >= 11 is 0. The van der Waals surface area contributed by atoms with Gasteiger partial charge >= 0.3 is 0 Å². The first-order chi connectivity index (χ1) is 15.1. The van der Waals surface area contributed by atoms with Gasteiger partial charge in [-0.2, -0.15) is 0 Å². The Kier molecular flexibility index (Phi) is 6.52. The lowest BCUT2D eigenvalue weighted by atomic mass is 10.1. The quantitative estimate of drug-likeness (QED) is 0.537. The second kappa shape index (κ2) is 9.66. The van der Waals surface area contributed by atoms with Crippen molar-refractivity contribution in [1.82, 2.24) is 15.2 Å². The number of carbonyl (C=O) groups excluding carboxylic acids is 1. The molecule has 0 spiro atoms. The van der Waals surface area contributed by atoms with Crippen molar-refractivity contribution in [2.45, 2.75) is 38.5 Å². The van der Waals surface area contributed by atoms with Crippen LogP contribution in [-0.4, -0.2) is 36.1 Å². The summed E-state index contributed by atoms with van der Waals surface area (Å²) in [4.78, 5) is 18.9. The SMILES string of the molecule is COc1ccc(OC)c(CN(Cc2ccccc2)Cc2nc(C(=O)NC3CC3)co2)c1. The maximum atomic E-state index is 12.3. The molecule has 1 heterocycles. The van der Waals surface area contributed by atoms with Gasteiger partial charge in [-0.05, 0) is 36.6 Å². The zero-order chi connectivity index (χ0) is 21.6. The van der Waals surface area contributed by atoms with Gasteiger partial charge in [0.15, 0.2) is 5.69 Å². The van der Waals surface area contributed by atoms with Crippen molar-refractivity contribution in [3.63, 3.8) is 0 Å². The van der Waals surface area contributed by atoms with Crippen LogP contribution in [0.25, 0.3) is 0 Å². The third-order valence-electron chi connectivity index (χ3n) is 5.19. The topological polar surface area (TPSA) is 76.8 Å². The smallest absolute Gasteiger partial charge is 0.273 e. The van der Waals surface area contributed by atoms with Crippen LogP contribution in [0.2, 0.25) is 0 Å². The van der Waals surface area contributed by atoms with Crippen LogP contribution in [0.3, 0.4) is 0 Å². The lowest BCUT2D eigenvalue weighted by molar-refractivity contribution is 0.0946. The van der Waals surface area contributed by atoms with E-state index in [0.29, 0.717) is 31.2 Å². The molecule has 1 saturated carbocycles. The largest absolute Gasteiger partial charge is 0.497 e. The van der Waals surface area contributed by atoms with E-state index < -0.39 is 0 Å². The molecular weight excluding hydrogens is 394 g/mol. The van der Waals surface area contributed by atoms with Gasteiger partial charge in [0, 0.05) is 24.7 Å². The Bertz CT molecular complexity index is 1010. The number of ether oxygens (including phenoxy) is 2. The first-order valence-electron chi connectivity index (χ1n) is 10.4. The number of nitrogens with one attached hydrogen (secondary N) is 1. The van der Waals surface area contributed by atoms with Crippen molar-refractivity contribution >= 4 is 5.91 Å². The molecule has 0 bridgehead atoms. The molecule has 1 fully saturated rings. The van der Waals surface area contributed by atoms with Gasteiger partial charge in [0.2, 0.25) is 5.89 Å². The molecule has 4 rings (SSSR count). The maximum absolute atomic E-state index is 12.3. The number of hydrogen-bond donors (Lipinski definition) is 1. The molecule has 0 unspecified atom stereocenters. The van der Waals surface area contributed by atoms with E-state index in [1.807, 2.05) is 36.4 Å². The van der Waals surface area contributed by atoms with Gasteiger partial charge in [-0.3, -0.25) is 9.69 Å². The number of amides is 1. The number of oxazole rings is 1. The van der Waals surface area contributed by atoms with Crippen LogP contribution in [0.4, 0.5) is 0 Å². The number of methoxy groups -OCH3 is 2. The van der Waals surface area contributed by atoms with Gasteiger partial charge in [0.25, 0.3) is 5.91 Å². The highest BCUT2D eigenvalue weighted by molar-refractivity contribution is 5.92. The molecule has 1 aliphatic carbocycles. The van der Waals surface area contributed by atoms with Crippen LogP contribution in [-0.2, 0) is 19.6 Å². The Morgan fingerprint density at radius 1 is 1.10 bits per heavy atom. The Morgan fingerprint density at radius 3 is 2.61 bits per heavy atom. The summed E-state index contributed by atoms with van der Waals surface area (Å²) in [5, 5.41) is 2.94. The van der Waals surface area contributed by atoms with Gasteiger partial charge < -0.3 is 19.2 Å². The molecule has 0 radical (unpaired) electrons. The summed E-state index contributed by atoms with van der Waals surface area (Å²) in [5.41, 5.74) is 2.49. The Morgan fingerprint density at radius 2 is 1.90 bits per heavy atom. The summed E-state index contributed by atoms with van der Waals surface area (Å²) in [7, 11) is 3.31. The minimum Gasteiger partial charge on any atom is -0.497 e. The molecule has 7 heteroatoms. The monoisotopic (exact) mass is 421 g/mol. The van der Waals surface area contributed by atoms with E-state index in [1.54, 1.807) is 14.2 Å². The first kappa shape index (κ1) is 20.9. The average Bonchev–Trinajstić information content (AvgIpc) is 3.48. The van der Waals surface area contributed by atoms with E-state index in [1.165, 1.54) is 11.8 Å². The molecule has 0 saturated heterocycles. The minimum atomic E-state index is -0.179. The Balaban J connectivity index is 1.53. The first-order valence-corrected chi connectivity index (χ1v) is 10.4. The molecule has 1 aliphatic rings.